The summed E-state index contributed by atoms with van der Waals surface area (Å²) in [6.07, 6.45) is 5.18. The second-order valence-electron chi connectivity index (χ2n) is 6.39. The van der Waals surface area contributed by atoms with E-state index in [1.54, 1.807) is 6.92 Å². The monoisotopic (exact) mass is 328 g/mol. The van der Waals surface area contributed by atoms with Crippen molar-refractivity contribution in [3.63, 3.8) is 0 Å². The summed E-state index contributed by atoms with van der Waals surface area (Å²) in [7, 11) is 0. The fourth-order valence-electron chi connectivity index (χ4n) is 2.13. The maximum Gasteiger partial charge on any atom is 0.132 e. The summed E-state index contributed by atoms with van der Waals surface area (Å²) >= 11 is 0. The molecule has 2 rings (SSSR count). The average molecular weight is 328 g/mol. The van der Waals surface area contributed by atoms with Crippen LogP contribution in [0.4, 0.5) is 8.78 Å². The van der Waals surface area contributed by atoms with Crippen LogP contribution in [-0.2, 0) is 6.42 Å². The van der Waals surface area contributed by atoms with Crippen molar-refractivity contribution in [3.8, 4) is 5.75 Å². The predicted molar refractivity (Wildman–Crippen MR) is 95.0 cm³/mol. The molecule has 0 unspecified atom stereocenters. The van der Waals surface area contributed by atoms with Gasteiger partial charge in [-0.1, -0.05) is 60.8 Å². The molecule has 0 saturated heterocycles. The van der Waals surface area contributed by atoms with Crippen molar-refractivity contribution < 1.29 is 13.5 Å². The SMILES string of the molecule is CC.CC(C)C.CCc1c(F)cc(OCCC2CCC2)cc1F. The zero-order valence-corrected chi connectivity index (χ0v) is 15.7. The van der Waals surface area contributed by atoms with E-state index >= 15 is 0 Å². The molecular weight excluding hydrogens is 294 g/mol. The second kappa shape index (κ2) is 12.3. The number of ether oxygens (including phenoxy) is 1. The lowest BCUT2D eigenvalue weighted by molar-refractivity contribution is 0.221. The van der Waals surface area contributed by atoms with E-state index in [4.69, 9.17) is 4.74 Å². The van der Waals surface area contributed by atoms with Crippen LogP contribution in [0.15, 0.2) is 12.1 Å². The molecule has 0 bridgehead atoms. The summed E-state index contributed by atoms with van der Waals surface area (Å²) in [6.45, 7) is 12.8. The van der Waals surface area contributed by atoms with Crippen LogP contribution in [-0.4, -0.2) is 6.61 Å². The summed E-state index contributed by atoms with van der Waals surface area (Å²) in [5.74, 6) is 0.869. The van der Waals surface area contributed by atoms with Crippen molar-refractivity contribution in [2.75, 3.05) is 6.61 Å². The van der Waals surface area contributed by atoms with Crippen LogP contribution in [0.5, 0.6) is 5.75 Å². The fourth-order valence-corrected chi connectivity index (χ4v) is 2.13. The van der Waals surface area contributed by atoms with Crippen molar-refractivity contribution in [2.24, 2.45) is 11.8 Å². The highest BCUT2D eigenvalue weighted by molar-refractivity contribution is 5.30. The van der Waals surface area contributed by atoms with Gasteiger partial charge in [0.25, 0.3) is 0 Å². The van der Waals surface area contributed by atoms with Gasteiger partial charge in [0.2, 0.25) is 0 Å². The smallest absolute Gasteiger partial charge is 0.132 e. The van der Waals surface area contributed by atoms with Gasteiger partial charge in [-0.15, -0.1) is 0 Å². The molecule has 0 N–H and O–H groups in total. The molecule has 0 aromatic heterocycles. The van der Waals surface area contributed by atoms with Gasteiger partial charge in [0.15, 0.2) is 0 Å². The molecule has 0 spiro atoms. The zero-order valence-electron chi connectivity index (χ0n) is 15.7. The molecule has 0 radical (unpaired) electrons. The molecule has 0 heterocycles. The Kier molecular flexibility index (Phi) is 11.7. The highest BCUT2D eigenvalue weighted by Gasteiger charge is 2.17. The number of hydrogen-bond donors (Lipinski definition) is 0. The summed E-state index contributed by atoms with van der Waals surface area (Å²) in [4.78, 5) is 0. The first-order valence-corrected chi connectivity index (χ1v) is 9.04. The quantitative estimate of drug-likeness (QED) is 0.578. The molecule has 3 heteroatoms. The van der Waals surface area contributed by atoms with E-state index < -0.39 is 11.6 Å². The van der Waals surface area contributed by atoms with Crippen LogP contribution in [0, 0.1) is 23.5 Å². The highest BCUT2D eigenvalue weighted by Crippen LogP contribution is 2.29. The molecule has 23 heavy (non-hydrogen) atoms. The molecule has 0 aliphatic heterocycles. The Morgan fingerprint density at radius 1 is 1.09 bits per heavy atom. The Bertz CT molecular complexity index is 400. The van der Waals surface area contributed by atoms with Crippen LogP contribution in [0.3, 0.4) is 0 Å². The third-order valence-electron chi connectivity index (χ3n) is 3.49. The Labute approximate surface area is 141 Å². The van der Waals surface area contributed by atoms with Crippen molar-refractivity contribution in [3.05, 3.63) is 29.3 Å². The first-order valence-electron chi connectivity index (χ1n) is 9.04. The summed E-state index contributed by atoms with van der Waals surface area (Å²) in [6, 6.07) is 2.56. The van der Waals surface area contributed by atoms with Gasteiger partial charge in [-0.05, 0) is 24.7 Å². The molecule has 0 amide bonds. The summed E-state index contributed by atoms with van der Waals surface area (Å²) in [5, 5.41) is 0. The lowest BCUT2D eigenvalue weighted by atomic mass is 9.83. The average Bonchev–Trinajstić information content (AvgIpc) is 2.43. The van der Waals surface area contributed by atoms with Gasteiger partial charge in [-0.3, -0.25) is 0 Å². The van der Waals surface area contributed by atoms with Gasteiger partial charge >= 0.3 is 0 Å². The van der Waals surface area contributed by atoms with Crippen LogP contribution in [0.2, 0.25) is 0 Å². The second-order valence-corrected chi connectivity index (χ2v) is 6.39. The maximum absolute atomic E-state index is 13.5. The third kappa shape index (κ3) is 8.92. The number of hydrogen-bond acceptors (Lipinski definition) is 1. The van der Waals surface area contributed by atoms with Gasteiger partial charge in [-0.25, -0.2) is 8.78 Å². The molecule has 1 saturated carbocycles. The number of benzene rings is 1. The minimum atomic E-state index is -0.508. The van der Waals surface area contributed by atoms with Crippen molar-refractivity contribution in [2.45, 2.75) is 73.6 Å². The van der Waals surface area contributed by atoms with E-state index in [1.807, 2.05) is 13.8 Å². The standard InChI is InChI=1S/C14H18F2O.C4H10.C2H6/c1-2-12-13(15)8-11(9-14(12)16)17-7-6-10-4-3-5-10;1-4(2)3;1-2/h8-10H,2-7H2,1H3;4H,1-3H3;1-2H3. The van der Waals surface area contributed by atoms with Crippen LogP contribution in [0.1, 0.15) is 72.8 Å². The molecule has 1 aromatic rings. The van der Waals surface area contributed by atoms with Crippen LogP contribution < -0.4 is 4.74 Å². The van der Waals surface area contributed by atoms with E-state index in [-0.39, 0.29) is 5.56 Å². The van der Waals surface area contributed by atoms with E-state index in [2.05, 4.69) is 20.8 Å². The fraction of sp³-hybridized carbons (Fsp3) is 0.700. The summed E-state index contributed by atoms with van der Waals surface area (Å²) in [5.41, 5.74) is 0.136. The van der Waals surface area contributed by atoms with E-state index in [0.717, 1.165) is 18.3 Å². The summed E-state index contributed by atoms with van der Waals surface area (Å²) < 4.78 is 32.3. The molecular formula is C20H34F2O. The Morgan fingerprint density at radius 2 is 1.57 bits per heavy atom. The molecule has 1 aliphatic carbocycles. The molecule has 1 nitrogen and oxygen atoms in total. The van der Waals surface area contributed by atoms with Gasteiger partial charge < -0.3 is 4.74 Å². The number of halogens is 2. The first-order chi connectivity index (χ1) is 10.9. The Balaban J connectivity index is 0.000000705. The molecule has 134 valence electrons. The lowest BCUT2D eigenvalue weighted by Crippen LogP contribution is -2.14. The lowest BCUT2D eigenvalue weighted by Gasteiger charge is -2.25. The number of rotatable bonds is 5. The topological polar surface area (TPSA) is 9.23 Å². The highest BCUT2D eigenvalue weighted by atomic mass is 19.1. The first kappa shape index (κ1) is 21.9. The minimum Gasteiger partial charge on any atom is -0.493 e. The van der Waals surface area contributed by atoms with Gasteiger partial charge in [0.1, 0.15) is 17.4 Å². The van der Waals surface area contributed by atoms with E-state index in [1.165, 1.54) is 31.4 Å². The van der Waals surface area contributed by atoms with Crippen molar-refractivity contribution in [1.29, 1.82) is 0 Å². The Morgan fingerprint density at radius 3 is 1.91 bits per heavy atom. The minimum absolute atomic E-state index is 0.136. The Hall–Kier alpha value is -1.12. The maximum atomic E-state index is 13.5. The molecule has 1 aromatic carbocycles. The normalized spacial score (nSPS) is 13.4. The molecule has 1 aliphatic rings. The van der Waals surface area contributed by atoms with Gasteiger partial charge in [0, 0.05) is 17.7 Å². The molecule has 0 atom stereocenters. The third-order valence-corrected chi connectivity index (χ3v) is 3.49. The van der Waals surface area contributed by atoms with Crippen molar-refractivity contribution in [1.82, 2.24) is 0 Å². The predicted octanol–water partition coefficient (Wildman–Crippen LogP) is 6.78. The zero-order chi connectivity index (χ0) is 17.8. The van der Waals surface area contributed by atoms with Crippen LogP contribution in [0.25, 0.3) is 0 Å². The van der Waals surface area contributed by atoms with Gasteiger partial charge in [-0.2, -0.15) is 0 Å². The van der Waals surface area contributed by atoms with Crippen molar-refractivity contribution >= 4 is 0 Å². The van der Waals surface area contributed by atoms with E-state index in [0.29, 0.717) is 18.8 Å². The van der Waals surface area contributed by atoms with E-state index in [9.17, 15) is 8.78 Å². The van der Waals surface area contributed by atoms with Crippen LogP contribution >= 0.6 is 0 Å². The van der Waals surface area contributed by atoms with Gasteiger partial charge in [0.05, 0.1) is 6.61 Å². The largest absolute Gasteiger partial charge is 0.493 e. The molecule has 1 fully saturated rings.